The molecule has 62 heavy (non-hydrogen) atoms. The fourth-order valence-electron chi connectivity index (χ4n) is 6.31. The molecule has 6 aromatic rings. The SMILES string of the molecule is Cc1c(COc2nc(OCCc3cncnc3)c(CNCC(=O)O)cc2Cl)cccc1-c1cccc(COc2nc(OCCc3cncnc3)c(CNCC(=O)O)cc2Cl)c1C. The molecule has 0 aliphatic heterocycles. The van der Waals surface area contributed by atoms with Crippen LogP contribution in [-0.2, 0) is 48.7 Å². The first kappa shape index (κ1) is 45.1. The number of rotatable bonds is 23. The largest absolute Gasteiger partial charge is 0.480 e. The summed E-state index contributed by atoms with van der Waals surface area (Å²) >= 11 is 13.3. The van der Waals surface area contributed by atoms with Crippen molar-refractivity contribution in [2.24, 2.45) is 0 Å². The highest BCUT2D eigenvalue weighted by Gasteiger charge is 2.18. The van der Waals surface area contributed by atoms with Gasteiger partial charge in [0.05, 0.1) is 26.3 Å². The van der Waals surface area contributed by atoms with Gasteiger partial charge in [0.2, 0.25) is 23.5 Å². The molecule has 0 saturated heterocycles. The number of hydrogen-bond acceptors (Lipinski definition) is 14. The predicted molar refractivity (Wildman–Crippen MR) is 230 cm³/mol. The first-order chi connectivity index (χ1) is 30.0. The van der Waals surface area contributed by atoms with Gasteiger partial charge in [-0.1, -0.05) is 59.6 Å². The maximum atomic E-state index is 11.1. The minimum absolute atomic E-state index is 0.154. The molecule has 0 bridgehead atoms. The van der Waals surface area contributed by atoms with E-state index < -0.39 is 11.9 Å². The molecule has 0 amide bonds. The Balaban J connectivity index is 1.16. The zero-order chi connectivity index (χ0) is 43.8. The highest BCUT2D eigenvalue weighted by Crippen LogP contribution is 2.34. The van der Waals surface area contributed by atoms with Crippen LogP contribution >= 0.6 is 23.2 Å². The van der Waals surface area contributed by atoms with E-state index in [1.54, 1.807) is 36.9 Å². The molecule has 0 atom stereocenters. The lowest BCUT2D eigenvalue weighted by Crippen LogP contribution is -2.22. The van der Waals surface area contributed by atoms with Crippen molar-refractivity contribution in [3.8, 4) is 34.6 Å². The molecule has 0 radical (unpaired) electrons. The van der Waals surface area contributed by atoms with Crippen LogP contribution in [0.3, 0.4) is 0 Å². The van der Waals surface area contributed by atoms with Crippen molar-refractivity contribution < 1.29 is 38.7 Å². The van der Waals surface area contributed by atoms with Gasteiger partial charge in [0, 0.05) is 61.8 Å². The molecule has 16 nitrogen and oxygen atoms in total. The van der Waals surface area contributed by atoms with Gasteiger partial charge in [0.15, 0.2) is 0 Å². The quantitative estimate of drug-likeness (QED) is 0.0548. The number of carbonyl (C=O) groups is 2. The Morgan fingerprint density at radius 2 is 0.984 bits per heavy atom. The molecule has 0 aliphatic carbocycles. The summed E-state index contributed by atoms with van der Waals surface area (Å²) in [5, 5.41) is 24.4. The van der Waals surface area contributed by atoms with Crippen LogP contribution in [0.1, 0.15) is 44.5 Å². The number of pyridine rings is 2. The molecule has 322 valence electrons. The van der Waals surface area contributed by atoms with Crippen LogP contribution in [0, 0.1) is 13.8 Å². The van der Waals surface area contributed by atoms with E-state index >= 15 is 0 Å². The van der Waals surface area contributed by atoms with Crippen molar-refractivity contribution in [2.75, 3.05) is 26.3 Å². The molecule has 0 unspecified atom stereocenters. The first-order valence-corrected chi connectivity index (χ1v) is 20.2. The van der Waals surface area contributed by atoms with Crippen LogP contribution in [0.2, 0.25) is 10.0 Å². The van der Waals surface area contributed by atoms with Gasteiger partial charge in [0.25, 0.3) is 0 Å². The standard InChI is InChI=1S/C44H44Cl2N8O8/c1-27-31(23-61-43-37(45)13-33(19-47-21-39(55)56)41(53-43)59-11-9-29-15-49-25-50-16-29)5-3-7-35(27)36-8-4-6-32(28(36)2)24-62-44-38(46)14-34(20-48-22-40(57)58)42(54-44)60-12-10-30-17-51-26-52-18-30/h3-8,13-18,25-26,47-48H,9-12,19-24H2,1-2H3,(H,55,56)(H,57,58). The van der Waals surface area contributed by atoms with Crippen molar-refractivity contribution in [1.29, 1.82) is 0 Å². The van der Waals surface area contributed by atoms with E-state index in [1.165, 1.54) is 12.7 Å². The van der Waals surface area contributed by atoms with E-state index in [9.17, 15) is 9.59 Å². The first-order valence-electron chi connectivity index (χ1n) is 19.5. The van der Waals surface area contributed by atoms with Crippen LogP contribution in [0.5, 0.6) is 23.5 Å². The van der Waals surface area contributed by atoms with Crippen LogP contribution < -0.4 is 29.6 Å². The zero-order valence-corrected chi connectivity index (χ0v) is 35.4. The summed E-state index contributed by atoms with van der Waals surface area (Å²) in [6.07, 6.45) is 10.8. The third-order valence-corrected chi connectivity index (χ3v) is 10.1. The average Bonchev–Trinajstić information content (AvgIpc) is 3.25. The normalized spacial score (nSPS) is 11.0. The number of ether oxygens (including phenoxy) is 4. The summed E-state index contributed by atoms with van der Waals surface area (Å²) in [4.78, 5) is 47.6. The second kappa shape index (κ2) is 22.4. The molecule has 2 aromatic carbocycles. The van der Waals surface area contributed by atoms with Gasteiger partial charge in [-0.3, -0.25) is 9.59 Å². The second-order valence-electron chi connectivity index (χ2n) is 13.9. The number of carboxylic acids is 2. The summed E-state index contributed by atoms with van der Waals surface area (Å²) in [5.41, 5.74) is 8.69. The molecule has 6 rings (SSSR count). The molecule has 18 heteroatoms. The zero-order valence-electron chi connectivity index (χ0n) is 33.9. The maximum absolute atomic E-state index is 11.1. The molecular weight excluding hydrogens is 839 g/mol. The van der Waals surface area contributed by atoms with Crippen molar-refractivity contribution in [3.63, 3.8) is 0 Å². The highest BCUT2D eigenvalue weighted by atomic mass is 35.5. The predicted octanol–water partition coefficient (Wildman–Crippen LogP) is 6.40. The van der Waals surface area contributed by atoms with Gasteiger partial charge < -0.3 is 39.8 Å². The van der Waals surface area contributed by atoms with Gasteiger partial charge >= 0.3 is 11.9 Å². The lowest BCUT2D eigenvalue weighted by molar-refractivity contribution is -0.137. The number of carboxylic acid groups (broad SMARTS) is 2. The van der Waals surface area contributed by atoms with Crippen LogP contribution in [0.25, 0.3) is 11.1 Å². The monoisotopic (exact) mass is 882 g/mol. The summed E-state index contributed by atoms with van der Waals surface area (Å²) in [6, 6.07) is 15.3. The van der Waals surface area contributed by atoms with E-state index in [2.05, 4.69) is 40.5 Å². The summed E-state index contributed by atoms with van der Waals surface area (Å²) in [7, 11) is 0. The van der Waals surface area contributed by atoms with Gasteiger partial charge in [-0.2, -0.15) is 9.97 Å². The average molecular weight is 884 g/mol. The van der Waals surface area contributed by atoms with Crippen molar-refractivity contribution in [3.05, 3.63) is 141 Å². The molecule has 0 aliphatic rings. The fourth-order valence-corrected chi connectivity index (χ4v) is 6.76. The fraction of sp³-hybridized carbons (Fsp3) is 0.273. The van der Waals surface area contributed by atoms with Gasteiger partial charge in [-0.25, -0.2) is 19.9 Å². The summed E-state index contributed by atoms with van der Waals surface area (Å²) < 4.78 is 24.5. The summed E-state index contributed by atoms with van der Waals surface area (Å²) in [6.45, 7) is 4.72. The maximum Gasteiger partial charge on any atom is 0.317 e. The Morgan fingerprint density at radius 3 is 1.37 bits per heavy atom. The topological polar surface area (TPSA) is 213 Å². The van der Waals surface area contributed by atoms with Crippen LogP contribution in [-0.4, -0.2) is 78.4 Å². The lowest BCUT2D eigenvalue weighted by atomic mass is 9.92. The Bertz CT molecular complexity index is 2300. The van der Waals surface area contributed by atoms with Crippen molar-refractivity contribution >= 4 is 35.1 Å². The van der Waals surface area contributed by atoms with E-state index in [1.807, 2.05) is 50.2 Å². The van der Waals surface area contributed by atoms with Gasteiger partial charge in [-0.05, 0) is 70.5 Å². The number of hydrogen-bond donors (Lipinski definition) is 4. The van der Waals surface area contributed by atoms with E-state index in [4.69, 9.17) is 52.4 Å². The van der Waals surface area contributed by atoms with Gasteiger partial charge in [0.1, 0.15) is 35.9 Å². The minimum atomic E-state index is -0.995. The Morgan fingerprint density at radius 1 is 0.581 bits per heavy atom. The van der Waals surface area contributed by atoms with E-state index in [0.29, 0.717) is 24.0 Å². The van der Waals surface area contributed by atoms with Crippen molar-refractivity contribution in [2.45, 2.75) is 53.0 Å². The molecule has 4 heterocycles. The van der Waals surface area contributed by atoms with Gasteiger partial charge in [-0.15, -0.1) is 0 Å². The Hall–Kier alpha value is -6.46. The van der Waals surface area contributed by atoms with Crippen LogP contribution in [0.15, 0.2) is 86.0 Å². The number of aliphatic carboxylic acids is 2. The summed E-state index contributed by atoms with van der Waals surface area (Å²) in [5.74, 6) is -1.12. The molecule has 4 N–H and O–H groups in total. The number of benzene rings is 2. The minimum Gasteiger partial charge on any atom is -0.480 e. The van der Waals surface area contributed by atoms with E-state index in [0.717, 1.165) is 44.5 Å². The van der Waals surface area contributed by atoms with Crippen LogP contribution in [0.4, 0.5) is 0 Å². The molecule has 4 aromatic heterocycles. The lowest BCUT2D eigenvalue weighted by Gasteiger charge is -2.18. The Labute approximate surface area is 367 Å². The molecule has 0 saturated carbocycles. The molecule has 0 spiro atoms. The third kappa shape index (κ3) is 12.8. The second-order valence-corrected chi connectivity index (χ2v) is 14.7. The number of nitrogens with one attached hydrogen (secondary N) is 2. The number of halogens is 2. The Kier molecular flexibility index (Phi) is 16.3. The highest BCUT2D eigenvalue weighted by molar-refractivity contribution is 6.32. The third-order valence-electron chi connectivity index (χ3n) is 9.55. The smallest absolute Gasteiger partial charge is 0.317 e. The number of nitrogens with zero attached hydrogens (tertiary/aromatic N) is 6. The van der Waals surface area contributed by atoms with Crippen molar-refractivity contribution in [1.82, 2.24) is 40.5 Å². The number of aromatic nitrogens is 6. The van der Waals surface area contributed by atoms with E-state index in [-0.39, 0.29) is 86.2 Å². The molecule has 0 fully saturated rings. The molecular formula is C44H44Cl2N8O8.